The Labute approximate surface area is 98.8 Å². The second kappa shape index (κ2) is 5.46. The summed E-state index contributed by atoms with van der Waals surface area (Å²) in [5, 5.41) is 0. The topological polar surface area (TPSA) is 35.2 Å². The molecule has 2 heteroatoms. The van der Waals surface area contributed by atoms with E-state index in [0.717, 1.165) is 6.42 Å². The molecule has 0 aromatic heterocycles. The Kier molecular flexibility index (Phi) is 4.51. The van der Waals surface area contributed by atoms with Gasteiger partial charge in [0.05, 0.1) is 6.10 Å². The van der Waals surface area contributed by atoms with Gasteiger partial charge in [0.1, 0.15) is 0 Å². The highest BCUT2D eigenvalue weighted by molar-refractivity contribution is 5.26. The molecule has 2 nitrogen and oxygen atoms in total. The highest BCUT2D eigenvalue weighted by Crippen LogP contribution is 2.22. The lowest BCUT2D eigenvalue weighted by Crippen LogP contribution is -2.34. The average molecular weight is 221 g/mol. The molecule has 16 heavy (non-hydrogen) atoms. The van der Waals surface area contributed by atoms with Gasteiger partial charge in [0.25, 0.3) is 0 Å². The van der Waals surface area contributed by atoms with Gasteiger partial charge in [0.2, 0.25) is 0 Å². The van der Waals surface area contributed by atoms with Gasteiger partial charge in [-0.05, 0) is 39.7 Å². The maximum absolute atomic E-state index is 6.29. The summed E-state index contributed by atoms with van der Waals surface area (Å²) in [7, 11) is 0. The van der Waals surface area contributed by atoms with Gasteiger partial charge in [-0.25, -0.2) is 0 Å². The molecule has 1 rings (SSSR count). The summed E-state index contributed by atoms with van der Waals surface area (Å²) >= 11 is 0. The Balaban J connectivity index is 2.59. The van der Waals surface area contributed by atoms with Crippen molar-refractivity contribution in [2.75, 3.05) is 6.61 Å². The zero-order chi connectivity index (χ0) is 12.2. The van der Waals surface area contributed by atoms with Crippen LogP contribution in [0.2, 0.25) is 0 Å². The van der Waals surface area contributed by atoms with E-state index in [1.54, 1.807) is 0 Å². The Morgan fingerprint density at radius 2 is 1.81 bits per heavy atom. The molecule has 1 aromatic rings. The van der Waals surface area contributed by atoms with E-state index in [4.69, 9.17) is 10.5 Å². The molecule has 0 amide bonds. The van der Waals surface area contributed by atoms with E-state index < -0.39 is 0 Å². The first kappa shape index (κ1) is 13.2. The summed E-state index contributed by atoms with van der Waals surface area (Å²) in [5.74, 6) is 0. The van der Waals surface area contributed by atoms with E-state index in [1.807, 2.05) is 13.8 Å². The van der Waals surface area contributed by atoms with Crippen molar-refractivity contribution in [1.29, 1.82) is 0 Å². The molecule has 0 aliphatic rings. The predicted molar refractivity (Wildman–Crippen MR) is 68.4 cm³/mol. The molecule has 0 bridgehead atoms. The smallest absolute Gasteiger partial charge is 0.0518 e. The van der Waals surface area contributed by atoms with Crippen molar-refractivity contribution < 1.29 is 4.74 Å². The van der Waals surface area contributed by atoms with Crippen molar-refractivity contribution >= 4 is 0 Å². The highest BCUT2D eigenvalue weighted by Gasteiger charge is 2.20. The quantitative estimate of drug-likeness (QED) is 0.829. The zero-order valence-electron chi connectivity index (χ0n) is 10.8. The molecular formula is C14H23NO. The number of benzene rings is 1. The molecule has 0 fully saturated rings. The minimum absolute atomic E-state index is 0.272. The molecule has 0 heterocycles. The lowest BCUT2D eigenvalue weighted by molar-refractivity contribution is 0.0660. The van der Waals surface area contributed by atoms with Crippen LogP contribution in [0, 0.1) is 6.92 Å². The van der Waals surface area contributed by atoms with Crippen molar-refractivity contribution in [2.24, 2.45) is 5.73 Å². The minimum Gasteiger partial charge on any atom is -0.379 e. The van der Waals surface area contributed by atoms with Crippen molar-refractivity contribution in [3.05, 3.63) is 35.4 Å². The van der Waals surface area contributed by atoms with Gasteiger partial charge >= 0.3 is 0 Å². The van der Waals surface area contributed by atoms with Crippen LogP contribution in [0.25, 0.3) is 0 Å². The van der Waals surface area contributed by atoms with Crippen molar-refractivity contribution in [1.82, 2.24) is 0 Å². The SMILES string of the molecule is Cc1ccc(C(C)(N)CCOC(C)C)cc1. The maximum Gasteiger partial charge on any atom is 0.0518 e. The molecule has 0 saturated heterocycles. The first-order valence-electron chi connectivity index (χ1n) is 5.89. The van der Waals surface area contributed by atoms with Crippen molar-refractivity contribution in [3.63, 3.8) is 0 Å². The normalized spacial score (nSPS) is 15.1. The van der Waals surface area contributed by atoms with Gasteiger partial charge in [-0.2, -0.15) is 0 Å². The van der Waals surface area contributed by atoms with Gasteiger partial charge in [0, 0.05) is 12.1 Å². The molecule has 0 aliphatic carbocycles. The molecule has 0 aliphatic heterocycles. The van der Waals surface area contributed by atoms with Gasteiger partial charge < -0.3 is 10.5 Å². The van der Waals surface area contributed by atoms with Crippen LogP contribution in [0.3, 0.4) is 0 Å². The summed E-state index contributed by atoms with van der Waals surface area (Å²) in [5.41, 5.74) is 8.43. The second-order valence-corrected chi connectivity index (χ2v) is 4.95. The van der Waals surface area contributed by atoms with Crippen LogP contribution in [0.4, 0.5) is 0 Å². The van der Waals surface area contributed by atoms with Crippen LogP contribution in [-0.2, 0) is 10.3 Å². The van der Waals surface area contributed by atoms with E-state index in [1.165, 1.54) is 11.1 Å². The number of rotatable bonds is 5. The Bertz CT molecular complexity index is 314. The van der Waals surface area contributed by atoms with Crippen LogP contribution in [0.15, 0.2) is 24.3 Å². The fraction of sp³-hybridized carbons (Fsp3) is 0.571. The van der Waals surface area contributed by atoms with Gasteiger partial charge in [-0.3, -0.25) is 0 Å². The highest BCUT2D eigenvalue weighted by atomic mass is 16.5. The largest absolute Gasteiger partial charge is 0.379 e. The lowest BCUT2D eigenvalue weighted by Gasteiger charge is -2.25. The first-order valence-corrected chi connectivity index (χ1v) is 5.89. The van der Waals surface area contributed by atoms with E-state index in [-0.39, 0.29) is 11.6 Å². The monoisotopic (exact) mass is 221 g/mol. The summed E-state index contributed by atoms with van der Waals surface area (Å²) in [6.07, 6.45) is 1.11. The van der Waals surface area contributed by atoms with Crippen LogP contribution >= 0.6 is 0 Å². The van der Waals surface area contributed by atoms with E-state index in [9.17, 15) is 0 Å². The maximum atomic E-state index is 6.29. The fourth-order valence-corrected chi connectivity index (χ4v) is 1.59. The van der Waals surface area contributed by atoms with E-state index in [0.29, 0.717) is 6.61 Å². The molecule has 0 spiro atoms. The van der Waals surface area contributed by atoms with Crippen molar-refractivity contribution in [3.8, 4) is 0 Å². The molecular weight excluding hydrogens is 198 g/mol. The third kappa shape index (κ3) is 3.95. The predicted octanol–water partition coefficient (Wildman–Crippen LogP) is 2.98. The summed E-state index contributed by atoms with van der Waals surface area (Å²) in [6, 6.07) is 8.41. The Morgan fingerprint density at radius 1 is 1.25 bits per heavy atom. The fourth-order valence-electron chi connectivity index (χ4n) is 1.59. The van der Waals surface area contributed by atoms with E-state index in [2.05, 4.69) is 38.1 Å². The molecule has 90 valence electrons. The molecule has 0 radical (unpaired) electrons. The second-order valence-electron chi connectivity index (χ2n) is 4.95. The van der Waals surface area contributed by atoms with E-state index >= 15 is 0 Å². The number of hydrogen-bond donors (Lipinski definition) is 1. The lowest BCUT2D eigenvalue weighted by atomic mass is 9.89. The van der Waals surface area contributed by atoms with Crippen LogP contribution in [0.5, 0.6) is 0 Å². The van der Waals surface area contributed by atoms with Crippen LogP contribution < -0.4 is 5.73 Å². The standard InChI is InChI=1S/C14H23NO/c1-11(2)16-10-9-14(4,15)13-7-5-12(3)6-8-13/h5-8,11H,9-10,15H2,1-4H3. The van der Waals surface area contributed by atoms with Crippen molar-refractivity contribution in [2.45, 2.75) is 45.8 Å². The molecule has 1 unspecified atom stereocenters. The first-order chi connectivity index (χ1) is 7.42. The summed E-state index contributed by atoms with van der Waals surface area (Å²) in [4.78, 5) is 0. The molecule has 1 atom stereocenters. The zero-order valence-corrected chi connectivity index (χ0v) is 10.8. The Hall–Kier alpha value is -0.860. The van der Waals surface area contributed by atoms with Crippen LogP contribution in [-0.4, -0.2) is 12.7 Å². The molecule has 2 N–H and O–H groups in total. The van der Waals surface area contributed by atoms with Crippen LogP contribution in [0.1, 0.15) is 38.3 Å². The minimum atomic E-state index is -0.303. The van der Waals surface area contributed by atoms with Gasteiger partial charge in [-0.15, -0.1) is 0 Å². The number of ether oxygens (including phenoxy) is 1. The average Bonchev–Trinajstić information content (AvgIpc) is 2.17. The Morgan fingerprint density at radius 3 is 2.31 bits per heavy atom. The van der Waals surface area contributed by atoms with Gasteiger partial charge in [-0.1, -0.05) is 29.8 Å². The van der Waals surface area contributed by atoms with Gasteiger partial charge in [0.15, 0.2) is 0 Å². The number of hydrogen-bond acceptors (Lipinski definition) is 2. The number of aryl methyl sites for hydroxylation is 1. The molecule has 0 saturated carbocycles. The summed E-state index contributed by atoms with van der Waals surface area (Å²) < 4.78 is 5.54. The number of nitrogens with two attached hydrogens (primary N) is 1. The third-order valence-corrected chi connectivity index (χ3v) is 2.78. The third-order valence-electron chi connectivity index (χ3n) is 2.78. The molecule has 1 aromatic carbocycles. The summed E-state index contributed by atoms with van der Waals surface area (Å²) in [6.45, 7) is 8.93.